The number of rotatable bonds is 7. The van der Waals surface area contributed by atoms with E-state index in [0.29, 0.717) is 16.7 Å². The van der Waals surface area contributed by atoms with E-state index < -0.39 is 10.0 Å². The maximum absolute atomic E-state index is 13.1. The fourth-order valence-corrected chi connectivity index (χ4v) is 4.54. The van der Waals surface area contributed by atoms with E-state index in [1.54, 1.807) is 0 Å². The van der Waals surface area contributed by atoms with E-state index in [9.17, 15) is 8.42 Å². The Morgan fingerprint density at radius 1 is 1.00 bits per heavy atom. The Morgan fingerprint density at radius 3 is 1.84 bits per heavy atom. The van der Waals surface area contributed by atoms with Crippen molar-refractivity contribution in [3.63, 3.8) is 0 Å². The molecular formula is C20H32N2O2S. The Bertz CT molecular complexity index is 729. The van der Waals surface area contributed by atoms with E-state index in [2.05, 4.69) is 23.8 Å². The van der Waals surface area contributed by atoms with Gasteiger partial charge in [0.2, 0.25) is 0 Å². The van der Waals surface area contributed by atoms with E-state index in [0.717, 1.165) is 29.7 Å². The number of benzene rings is 1. The molecule has 2 rings (SSSR count). The highest BCUT2D eigenvalue weighted by molar-refractivity contribution is 7.89. The second-order valence-electron chi connectivity index (χ2n) is 8.11. The lowest BCUT2D eigenvalue weighted by Gasteiger charge is -2.22. The van der Waals surface area contributed by atoms with Crippen LogP contribution >= 0.6 is 0 Å². The number of nitrogens with zero attached hydrogens (tertiary/aromatic N) is 1. The first kappa shape index (κ1) is 20.0. The molecule has 0 aromatic heterocycles. The van der Waals surface area contributed by atoms with Crippen molar-refractivity contribution >= 4 is 15.7 Å². The average Bonchev–Trinajstić information content (AvgIpc) is 3.35. The molecular weight excluding hydrogens is 332 g/mol. The standard InChI is InChI=1S/C20H32N2O2S/c1-12(2)17-10-18(13(3)4)20(19(11-17)14(5)6)25(23,24)22-21-15(7)16-8-9-16/h10-14,16,22H,8-9H2,1-7H3/b21-15-. The van der Waals surface area contributed by atoms with Crippen LogP contribution in [-0.4, -0.2) is 14.1 Å². The molecule has 5 heteroatoms. The van der Waals surface area contributed by atoms with Crippen molar-refractivity contribution in [2.45, 2.75) is 84.0 Å². The molecule has 1 aliphatic rings. The van der Waals surface area contributed by atoms with Gasteiger partial charge in [-0.25, -0.2) is 4.83 Å². The molecule has 1 fully saturated rings. The fraction of sp³-hybridized carbons (Fsp3) is 0.650. The predicted molar refractivity (Wildman–Crippen MR) is 105 cm³/mol. The zero-order chi connectivity index (χ0) is 18.9. The van der Waals surface area contributed by atoms with Crippen molar-refractivity contribution in [1.82, 2.24) is 4.83 Å². The van der Waals surface area contributed by atoms with Crippen LogP contribution in [0.3, 0.4) is 0 Å². The summed E-state index contributed by atoms with van der Waals surface area (Å²) in [7, 11) is -3.69. The van der Waals surface area contributed by atoms with Crippen molar-refractivity contribution in [1.29, 1.82) is 0 Å². The minimum Gasteiger partial charge on any atom is -0.200 e. The van der Waals surface area contributed by atoms with Crippen molar-refractivity contribution in [2.75, 3.05) is 0 Å². The van der Waals surface area contributed by atoms with E-state index in [4.69, 9.17) is 0 Å². The molecule has 0 heterocycles. The van der Waals surface area contributed by atoms with E-state index in [1.165, 1.54) is 5.56 Å². The summed E-state index contributed by atoms with van der Waals surface area (Å²) in [4.78, 5) is 2.91. The van der Waals surface area contributed by atoms with Gasteiger partial charge in [0.15, 0.2) is 0 Å². The molecule has 0 saturated heterocycles. The summed E-state index contributed by atoms with van der Waals surface area (Å²) >= 11 is 0. The van der Waals surface area contributed by atoms with Gasteiger partial charge in [0.05, 0.1) is 4.90 Å². The Morgan fingerprint density at radius 2 is 1.48 bits per heavy atom. The second-order valence-corrected chi connectivity index (χ2v) is 9.71. The van der Waals surface area contributed by atoms with Gasteiger partial charge < -0.3 is 0 Å². The van der Waals surface area contributed by atoms with Crippen LogP contribution in [-0.2, 0) is 10.0 Å². The Hall–Kier alpha value is -1.36. The third kappa shape index (κ3) is 4.63. The molecule has 0 bridgehead atoms. The van der Waals surface area contributed by atoms with Gasteiger partial charge in [-0.3, -0.25) is 0 Å². The molecule has 0 unspecified atom stereocenters. The van der Waals surface area contributed by atoms with Crippen LogP contribution < -0.4 is 4.83 Å². The molecule has 4 nitrogen and oxygen atoms in total. The summed E-state index contributed by atoms with van der Waals surface area (Å²) in [5, 5.41) is 4.17. The van der Waals surface area contributed by atoms with Gasteiger partial charge in [-0.05, 0) is 60.1 Å². The SMILES string of the molecule is C/C(=N/NS(=O)(=O)c1c(C(C)C)cc(C(C)C)cc1C(C)C)C1CC1. The molecule has 0 amide bonds. The van der Waals surface area contributed by atoms with Crippen LogP contribution in [0.4, 0.5) is 0 Å². The molecule has 140 valence electrons. The van der Waals surface area contributed by atoms with E-state index >= 15 is 0 Å². The first-order chi connectivity index (χ1) is 11.5. The molecule has 0 spiro atoms. The van der Waals surface area contributed by atoms with Crippen LogP contribution in [0, 0.1) is 5.92 Å². The summed E-state index contributed by atoms with van der Waals surface area (Å²) in [5.41, 5.74) is 3.81. The van der Waals surface area contributed by atoms with Crippen molar-refractivity contribution in [3.05, 3.63) is 28.8 Å². The molecule has 1 aromatic rings. The highest BCUT2D eigenvalue weighted by Crippen LogP contribution is 2.35. The molecule has 1 aliphatic carbocycles. The number of hydrogen-bond acceptors (Lipinski definition) is 3. The average molecular weight is 365 g/mol. The quantitative estimate of drug-likeness (QED) is 0.539. The Labute approximate surface area is 153 Å². The normalized spacial score (nSPS) is 16.2. The first-order valence-electron chi connectivity index (χ1n) is 9.28. The summed E-state index contributed by atoms with van der Waals surface area (Å²) in [5.74, 6) is 1.04. The van der Waals surface area contributed by atoms with Crippen LogP contribution in [0.2, 0.25) is 0 Å². The maximum Gasteiger partial charge on any atom is 0.277 e. The minimum atomic E-state index is -3.69. The summed E-state index contributed by atoms with van der Waals surface area (Å²) < 4.78 is 26.2. The highest BCUT2D eigenvalue weighted by Gasteiger charge is 2.28. The number of hydrazone groups is 1. The third-order valence-electron chi connectivity index (χ3n) is 4.86. The van der Waals surface area contributed by atoms with E-state index in [1.807, 2.05) is 46.8 Å². The lowest BCUT2D eigenvalue weighted by molar-refractivity contribution is 0.578. The van der Waals surface area contributed by atoms with E-state index in [-0.39, 0.29) is 11.8 Å². The molecule has 0 aliphatic heterocycles. The summed E-state index contributed by atoms with van der Waals surface area (Å²) in [6, 6.07) is 4.10. The van der Waals surface area contributed by atoms with Gasteiger partial charge in [0, 0.05) is 5.71 Å². The van der Waals surface area contributed by atoms with Gasteiger partial charge in [-0.2, -0.15) is 13.5 Å². The van der Waals surface area contributed by atoms with Crippen LogP contribution in [0.1, 0.15) is 95.8 Å². The van der Waals surface area contributed by atoms with Gasteiger partial charge in [0.1, 0.15) is 0 Å². The van der Waals surface area contributed by atoms with Crippen LogP contribution in [0.15, 0.2) is 22.1 Å². The zero-order valence-electron chi connectivity index (χ0n) is 16.6. The molecule has 1 N–H and O–H groups in total. The maximum atomic E-state index is 13.1. The molecule has 0 atom stereocenters. The minimum absolute atomic E-state index is 0.122. The van der Waals surface area contributed by atoms with Crippen LogP contribution in [0.5, 0.6) is 0 Å². The summed E-state index contributed by atoms with van der Waals surface area (Å²) in [6.45, 7) is 14.3. The monoisotopic (exact) mass is 364 g/mol. The van der Waals surface area contributed by atoms with Crippen molar-refractivity contribution in [2.24, 2.45) is 11.0 Å². The lowest BCUT2D eigenvalue weighted by Crippen LogP contribution is -2.24. The highest BCUT2D eigenvalue weighted by atomic mass is 32.2. The van der Waals surface area contributed by atoms with Gasteiger partial charge in [-0.1, -0.05) is 53.7 Å². The van der Waals surface area contributed by atoms with Gasteiger partial charge in [-0.15, -0.1) is 0 Å². The van der Waals surface area contributed by atoms with Gasteiger partial charge >= 0.3 is 0 Å². The smallest absolute Gasteiger partial charge is 0.200 e. The second kappa shape index (κ2) is 7.48. The number of nitrogens with one attached hydrogen (secondary N) is 1. The van der Waals surface area contributed by atoms with Crippen molar-refractivity contribution < 1.29 is 8.42 Å². The molecule has 1 aromatic carbocycles. The number of sulfonamides is 1. The summed E-state index contributed by atoms with van der Waals surface area (Å²) in [6.07, 6.45) is 2.21. The van der Waals surface area contributed by atoms with Crippen LogP contribution in [0.25, 0.3) is 0 Å². The fourth-order valence-electron chi connectivity index (χ4n) is 2.97. The molecule has 1 saturated carbocycles. The lowest BCUT2D eigenvalue weighted by atomic mass is 9.89. The molecule has 25 heavy (non-hydrogen) atoms. The third-order valence-corrected chi connectivity index (χ3v) is 6.20. The predicted octanol–water partition coefficient (Wildman–Crippen LogP) is 5.12. The number of hydrogen-bond donors (Lipinski definition) is 1. The Kier molecular flexibility index (Phi) is 5.97. The van der Waals surface area contributed by atoms with Gasteiger partial charge in [0.25, 0.3) is 10.0 Å². The zero-order valence-corrected chi connectivity index (χ0v) is 17.4. The van der Waals surface area contributed by atoms with Crippen molar-refractivity contribution in [3.8, 4) is 0 Å². The Balaban J connectivity index is 2.58. The first-order valence-corrected chi connectivity index (χ1v) is 10.8. The largest absolute Gasteiger partial charge is 0.277 e. The topological polar surface area (TPSA) is 58.5 Å². The molecule has 0 radical (unpaired) electrons.